The van der Waals surface area contributed by atoms with E-state index in [-0.39, 0.29) is 18.5 Å². The number of thiazole rings is 1. The van der Waals surface area contributed by atoms with Crippen LogP contribution in [0.2, 0.25) is 0 Å². The molecule has 3 rings (SSSR count). The van der Waals surface area contributed by atoms with Crippen molar-refractivity contribution in [3.8, 4) is 5.75 Å². The summed E-state index contributed by atoms with van der Waals surface area (Å²) >= 11 is 1.49. The lowest BCUT2D eigenvalue weighted by molar-refractivity contribution is -0.132. The van der Waals surface area contributed by atoms with E-state index in [1.165, 1.54) is 16.2 Å². The molecule has 1 saturated heterocycles. The second-order valence-corrected chi connectivity index (χ2v) is 6.97. The highest BCUT2D eigenvalue weighted by atomic mass is 32.1. The Morgan fingerprint density at radius 1 is 1.29 bits per heavy atom. The fraction of sp³-hybridized carbons (Fsp3) is 0.353. The van der Waals surface area contributed by atoms with E-state index < -0.39 is 5.54 Å². The summed E-state index contributed by atoms with van der Waals surface area (Å²) < 4.78 is 5.16. The number of benzene rings is 1. The van der Waals surface area contributed by atoms with Gasteiger partial charge in [-0.05, 0) is 31.0 Å². The van der Waals surface area contributed by atoms with Gasteiger partial charge < -0.3 is 10.1 Å². The predicted molar refractivity (Wildman–Crippen MR) is 90.9 cm³/mol. The van der Waals surface area contributed by atoms with Crippen molar-refractivity contribution in [2.75, 3.05) is 7.11 Å². The third-order valence-corrected chi connectivity index (χ3v) is 5.17. The van der Waals surface area contributed by atoms with Gasteiger partial charge in [-0.15, -0.1) is 11.3 Å². The molecule has 1 fully saturated rings. The number of urea groups is 1. The van der Waals surface area contributed by atoms with Crippen LogP contribution in [0.5, 0.6) is 5.75 Å². The molecule has 0 saturated carbocycles. The normalized spacial score (nSPS) is 20.4. The number of aryl methyl sites for hydroxylation is 1. The van der Waals surface area contributed by atoms with Gasteiger partial charge in [-0.1, -0.05) is 19.1 Å². The summed E-state index contributed by atoms with van der Waals surface area (Å²) in [7, 11) is 1.59. The van der Waals surface area contributed by atoms with Crippen LogP contribution < -0.4 is 10.1 Å². The zero-order valence-corrected chi connectivity index (χ0v) is 14.6. The first-order chi connectivity index (χ1) is 11.5. The highest BCUT2D eigenvalue weighted by Gasteiger charge is 2.51. The molecule has 1 aliphatic rings. The summed E-state index contributed by atoms with van der Waals surface area (Å²) in [6.07, 6.45) is 2.18. The number of methoxy groups -OCH3 is 1. The van der Waals surface area contributed by atoms with E-state index in [1.807, 2.05) is 26.0 Å². The molecule has 2 aromatic rings. The summed E-state index contributed by atoms with van der Waals surface area (Å²) in [5.41, 5.74) is -0.268. The molecule has 1 unspecified atom stereocenters. The molecule has 0 bridgehead atoms. The minimum Gasteiger partial charge on any atom is -0.497 e. The van der Waals surface area contributed by atoms with Gasteiger partial charge in [0.15, 0.2) is 0 Å². The Balaban J connectivity index is 1.91. The van der Waals surface area contributed by atoms with Crippen LogP contribution in [0, 0.1) is 6.92 Å². The highest BCUT2D eigenvalue weighted by Crippen LogP contribution is 2.34. The van der Waals surface area contributed by atoms with E-state index in [0.717, 1.165) is 15.4 Å². The SMILES string of the molecule is CCC1(c2ccc(OC)cc2)NC(=O)N(Cc2cnc(C)s2)C1=O. The van der Waals surface area contributed by atoms with Crippen LogP contribution in [0.25, 0.3) is 0 Å². The number of carbonyl (C=O) groups excluding carboxylic acids is 2. The summed E-state index contributed by atoms with van der Waals surface area (Å²) in [5.74, 6) is 0.477. The second-order valence-electron chi connectivity index (χ2n) is 5.65. The fourth-order valence-electron chi connectivity index (χ4n) is 2.92. The van der Waals surface area contributed by atoms with E-state index in [9.17, 15) is 9.59 Å². The lowest BCUT2D eigenvalue weighted by Gasteiger charge is -2.25. The maximum Gasteiger partial charge on any atom is 0.325 e. The molecule has 0 spiro atoms. The monoisotopic (exact) mass is 345 g/mol. The van der Waals surface area contributed by atoms with Crippen LogP contribution in [0.1, 0.15) is 28.8 Å². The molecule has 1 aliphatic heterocycles. The molecule has 126 valence electrons. The van der Waals surface area contributed by atoms with Crippen molar-refractivity contribution < 1.29 is 14.3 Å². The highest BCUT2D eigenvalue weighted by molar-refractivity contribution is 7.11. The van der Waals surface area contributed by atoms with E-state index in [0.29, 0.717) is 12.2 Å². The maximum atomic E-state index is 13.0. The fourth-order valence-corrected chi connectivity index (χ4v) is 3.70. The largest absolute Gasteiger partial charge is 0.497 e. The smallest absolute Gasteiger partial charge is 0.325 e. The third-order valence-electron chi connectivity index (χ3n) is 4.27. The molecule has 7 heteroatoms. The van der Waals surface area contributed by atoms with Gasteiger partial charge in [0.1, 0.15) is 11.3 Å². The van der Waals surface area contributed by atoms with E-state index in [1.54, 1.807) is 25.4 Å². The van der Waals surface area contributed by atoms with Gasteiger partial charge in [-0.3, -0.25) is 9.69 Å². The minimum absolute atomic E-state index is 0.230. The molecule has 1 atom stereocenters. The number of imide groups is 1. The molecule has 24 heavy (non-hydrogen) atoms. The molecule has 0 aliphatic carbocycles. The van der Waals surface area contributed by atoms with Crippen molar-refractivity contribution in [3.63, 3.8) is 0 Å². The number of aromatic nitrogens is 1. The Bertz CT molecular complexity index is 772. The molecular formula is C17H19N3O3S. The Labute approximate surface area is 144 Å². The molecule has 0 radical (unpaired) electrons. The number of nitrogens with zero attached hydrogens (tertiary/aromatic N) is 2. The van der Waals surface area contributed by atoms with Crippen LogP contribution >= 0.6 is 11.3 Å². The molecule has 1 aromatic carbocycles. The van der Waals surface area contributed by atoms with Gasteiger partial charge in [0.2, 0.25) is 0 Å². The van der Waals surface area contributed by atoms with Crippen molar-refractivity contribution in [2.24, 2.45) is 0 Å². The second kappa shape index (κ2) is 6.24. The van der Waals surface area contributed by atoms with Crippen LogP contribution in [0.4, 0.5) is 4.79 Å². The Hall–Kier alpha value is -2.41. The van der Waals surface area contributed by atoms with Crippen LogP contribution in [-0.2, 0) is 16.9 Å². The average molecular weight is 345 g/mol. The zero-order valence-electron chi connectivity index (χ0n) is 13.8. The van der Waals surface area contributed by atoms with Crippen molar-refractivity contribution in [1.29, 1.82) is 0 Å². The summed E-state index contributed by atoms with van der Waals surface area (Å²) in [6.45, 7) is 4.03. The van der Waals surface area contributed by atoms with Crippen LogP contribution in [0.3, 0.4) is 0 Å². The number of hydrogen-bond donors (Lipinski definition) is 1. The first-order valence-electron chi connectivity index (χ1n) is 7.70. The number of rotatable bonds is 5. The number of hydrogen-bond acceptors (Lipinski definition) is 5. The summed E-state index contributed by atoms with van der Waals surface area (Å²) in [4.78, 5) is 31.8. The van der Waals surface area contributed by atoms with Gasteiger partial charge in [0.05, 0.1) is 18.7 Å². The van der Waals surface area contributed by atoms with Crippen molar-refractivity contribution in [3.05, 3.63) is 45.9 Å². The standard InChI is InChI=1S/C17H19N3O3S/c1-4-17(12-5-7-13(23-3)8-6-12)15(21)20(16(22)19-17)10-14-9-18-11(2)24-14/h5-9H,4,10H2,1-3H3,(H,19,22). The van der Waals surface area contributed by atoms with Crippen molar-refractivity contribution in [1.82, 2.24) is 15.2 Å². The van der Waals surface area contributed by atoms with Crippen LogP contribution in [0.15, 0.2) is 30.5 Å². The molecule has 1 N–H and O–H groups in total. The number of carbonyl (C=O) groups is 2. The van der Waals surface area contributed by atoms with Gasteiger partial charge in [0.25, 0.3) is 5.91 Å². The van der Waals surface area contributed by atoms with Gasteiger partial charge >= 0.3 is 6.03 Å². The van der Waals surface area contributed by atoms with E-state index in [2.05, 4.69) is 10.3 Å². The van der Waals surface area contributed by atoms with Gasteiger partial charge in [0, 0.05) is 11.1 Å². The third kappa shape index (κ3) is 2.65. The average Bonchev–Trinajstić information content (AvgIpc) is 3.11. The predicted octanol–water partition coefficient (Wildman–Crippen LogP) is 2.82. The molecule has 1 aromatic heterocycles. The molecule has 6 nitrogen and oxygen atoms in total. The topological polar surface area (TPSA) is 71.5 Å². The lowest BCUT2D eigenvalue weighted by atomic mass is 9.87. The quantitative estimate of drug-likeness (QED) is 0.846. The zero-order chi connectivity index (χ0) is 17.3. The Kier molecular flexibility index (Phi) is 4.28. The first kappa shape index (κ1) is 16.4. The number of amides is 3. The maximum absolute atomic E-state index is 13.0. The molecular weight excluding hydrogens is 326 g/mol. The Morgan fingerprint density at radius 3 is 2.54 bits per heavy atom. The van der Waals surface area contributed by atoms with Gasteiger partial charge in [-0.2, -0.15) is 0 Å². The number of nitrogens with one attached hydrogen (secondary N) is 1. The van der Waals surface area contributed by atoms with E-state index in [4.69, 9.17) is 4.74 Å². The van der Waals surface area contributed by atoms with Crippen LogP contribution in [-0.4, -0.2) is 28.9 Å². The molecule has 3 amide bonds. The molecule has 2 heterocycles. The summed E-state index contributed by atoms with van der Waals surface area (Å²) in [6, 6.07) is 6.86. The Morgan fingerprint density at radius 2 is 2.00 bits per heavy atom. The summed E-state index contributed by atoms with van der Waals surface area (Å²) in [5, 5.41) is 3.79. The van der Waals surface area contributed by atoms with E-state index >= 15 is 0 Å². The first-order valence-corrected chi connectivity index (χ1v) is 8.51. The van der Waals surface area contributed by atoms with Crippen molar-refractivity contribution >= 4 is 23.3 Å². The minimum atomic E-state index is -1.02. The van der Waals surface area contributed by atoms with Gasteiger partial charge in [-0.25, -0.2) is 9.78 Å². The lowest BCUT2D eigenvalue weighted by Crippen LogP contribution is -2.43. The van der Waals surface area contributed by atoms with Crippen molar-refractivity contribution in [2.45, 2.75) is 32.4 Å². The number of ether oxygens (including phenoxy) is 1.